The Bertz CT molecular complexity index is 1410. The summed E-state index contributed by atoms with van der Waals surface area (Å²) in [5.41, 5.74) is 2.30. The Morgan fingerprint density at radius 2 is 0.863 bits per heavy atom. The van der Waals surface area contributed by atoms with Crippen molar-refractivity contribution in [1.82, 2.24) is 23.9 Å². The van der Waals surface area contributed by atoms with Crippen molar-refractivity contribution in [3.8, 4) is 0 Å². The molecule has 3 aromatic heterocycles. The molecule has 3 rings (SSSR count). The van der Waals surface area contributed by atoms with E-state index in [0.29, 0.717) is 0 Å². The molecule has 0 aromatic carbocycles. The summed E-state index contributed by atoms with van der Waals surface area (Å²) >= 11 is 0. The van der Waals surface area contributed by atoms with E-state index in [0.717, 1.165) is 16.8 Å². The number of rotatable bonds is 0. The second-order valence-corrected chi connectivity index (χ2v) is 17.9. The van der Waals surface area contributed by atoms with Crippen LogP contribution < -0.4 is 16.7 Å². The van der Waals surface area contributed by atoms with Crippen molar-refractivity contribution in [2.45, 2.75) is 199 Å². The summed E-state index contributed by atoms with van der Waals surface area (Å²) in [6, 6.07) is 7.08. The lowest BCUT2D eigenvalue weighted by Gasteiger charge is -2.25. The fourth-order valence-electron chi connectivity index (χ4n) is 4.14. The highest BCUT2D eigenvalue weighted by Gasteiger charge is 2.21. The van der Waals surface area contributed by atoms with E-state index in [9.17, 15) is 14.4 Å². The van der Waals surface area contributed by atoms with Gasteiger partial charge in [0.05, 0.1) is 23.8 Å². The van der Waals surface area contributed by atoms with Gasteiger partial charge in [0, 0.05) is 40.9 Å². The fraction of sp³-hybridized carbons (Fsp3) is 0.698. The smallest absolute Gasteiger partial charge is 0.267 e. The maximum atomic E-state index is 11.9. The van der Waals surface area contributed by atoms with E-state index in [4.69, 9.17) is 0 Å². The lowest BCUT2D eigenvalue weighted by molar-refractivity contribution is 0.335. The molecular formula is C43H79N5O3. The topological polar surface area (TPSA) is 91.8 Å². The summed E-state index contributed by atoms with van der Waals surface area (Å²) in [6.07, 6.45) is 5.32. The predicted octanol–water partition coefficient (Wildman–Crippen LogP) is 10.6. The van der Waals surface area contributed by atoms with Gasteiger partial charge in [-0.2, -0.15) is 5.10 Å². The van der Waals surface area contributed by atoms with Gasteiger partial charge in [-0.15, -0.1) is 0 Å². The lowest BCUT2D eigenvalue weighted by atomic mass is 9.88. The number of pyridine rings is 1. The first-order valence-electron chi connectivity index (χ1n) is 18.8. The van der Waals surface area contributed by atoms with Crippen molar-refractivity contribution in [3.63, 3.8) is 0 Å². The van der Waals surface area contributed by atoms with E-state index in [1.54, 1.807) is 39.9 Å². The summed E-state index contributed by atoms with van der Waals surface area (Å²) in [7, 11) is 0. The normalized spacial score (nSPS) is 11.8. The molecule has 0 spiro atoms. The van der Waals surface area contributed by atoms with Gasteiger partial charge < -0.3 is 4.57 Å². The molecule has 0 aliphatic heterocycles. The second kappa shape index (κ2) is 20.7. The van der Waals surface area contributed by atoms with E-state index in [1.165, 1.54) is 4.68 Å². The predicted molar refractivity (Wildman–Crippen MR) is 223 cm³/mol. The Hall–Kier alpha value is -3.29. The zero-order valence-electron chi connectivity index (χ0n) is 37.5. The number of nitrogens with zero attached hydrogens (tertiary/aromatic N) is 5. The van der Waals surface area contributed by atoms with Gasteiger partial charge in [-0.3, -0.25) is 19.0 Å². The molecule has 0 saturated heterocycles. The van der Waals surface area contributed by atoms with E-state index < -0.39 is 0 Å². The summed E-state index contributed by atoms with van der Waals surface area (Å²) in [4.78, 5) is 39.9. The van der Waals surface area contributed by atoms with Crippen molar-refractivity contribution in [3.05, 3.63) is 90.9 Å². The number of hydrogen-bond donors (Lipinski definition) is 0. The maximum Gasteiger partial charge on any atom is 0.267 e. The van der Waals surface area contributed by atoms with Crippen LogP contribution in [-0.2, 0) is 32.9 Å². The lowest BCUT2D eigenvalue weighted by Crippen LogP contribution is -2.36. The largest absolute Gasteiger partial charge is 0.310 e. The first-order valence-corrected chi connectivity index (χ1v) is 18.8. The van der Waals surface area contributed by atoms with Crippen LogP contribution in [0.5, 0.6) is 0 Å². The molecule has 0 amide bonds. The zero-order chi connectivity index (χ0) is 41.6. The van der Waals surface area contributed by atoms with Gasteiger partial charge in [0.2, 0.25) is 0 Å². The van der Waals surface area contributed by atoms with Crippen LogP contribution in [0.4, 0.5) is 0 Å². The average Bonchev–Trinajstić information content (AvgIpc) is 2.97. The SMILES string of the molecule is CC.CC.CC.CC(C)(C)c1cc(=O)n(C(C)(C)C)cn1.CC(C)(C)c1ccn(C(C)(C)C)c(=O)c1.CC(C)(C)c1cnn(C(C)(C)C)c(=O)c1. The van der Waals surface area contributed by atoms with Gasteiger partial charge in [0.15, 0.2) is 0 Å². The monoisotopic (exact) mass is 714 g/mol. The van der Waals surface area contributed by atoms with Gasteiger partial charge in [0.25, 0.3) is 16.7 Å². The molecule has 0 aliphatic carbocycles. The summed E-state index contributed by atoms with van der Waals surface area (Å²) < 4.78 is 4.94. The van der Waals surface area contributed by atoms with Crippen LogP contribution in [0, 0.1) is 0 Å². The molecule has 3 aromatic rings. The third-order valence-corrected chi connectivity index (χ3v) is 7.11. The molecule has 0 aliphatic rings. The van der Waals surface area contributed by atoms with E-state index >= 15 is 0 Å². The van der Waals surface area contributed by atoms with Crippen LogP contribution in [0.25, 0.3) is 0 Å². The first kappa shape index (κ1) is 52.1. The molecule has 0 radical (unpaired) electrons. The molecule has 0 saturated carbocycles. The summed E-state index contributed by atoms with van der Waals surface area (Å²) in [6.45, 7) is 48.7. The number of aromatic nitrogens is 5. The van der Waals surface area contributed by atoms with Crippen molar-refractivity contribution < 1.29 is 0 Å². The fourth-order valence-corrected chi connectivity index (χ4v) is 4.14. The van der Waals surface area contributed by atoms with Crippen LogP contribution in [-0.4, -0.2) is 23.9 Å². The maximum absolute atomic E-state index is 11.9. The Labute approximate surface area is 313 Å². The van der Waals surface area contributed by atoms with Crippen molar-refractivity contribution in [1.29, 1.82) is 0 Å². The van der Waals surface area contributed by atoms with Gasteiger partial charge in [-0.25, -0.2) is 9.67 Å². The molecule has 294 valence electrons. The first-order chi connectivity index (χ1) is 22.9. The van der Waals surface area contributed by atoms with E-state index in [-0.39, 0.29) is 49.5 Å². The average molecular weight is 714 g/mol. The van der Waals surface area contributed by atoms with E-state index in [2.05, 4.69) is 72.4 Å². The summed E-state index contributed by atoms with van der Waals surface area (Å²) in [5.74, 6) is 0. The standard InChI is InChI=1S/C13H21NO.2C12H20N2O.3C2H6/c1-12(2,3)10-7-8-14(11(15)9-10)13(4,5)6;1-11(2,3)9-7-10(15)14(8-13-9)12(4,5)6;1-11(2,3)9-7-10(15)14(13-8-9)12(4,5)6;3*1-2/h7-9H,1-6H3;2*7-8H,1-6H3;3*1-2H3. The van der Waals surface area contributed by atoms with E-state index in [1.807, 2.05) is 116 Å². The van der Waals surface area contributed by atoms with Crippen LogP contribution >= 0.6 is 0 Å². The second-order valence-electron chi connectivity index (χ2n) is 17.9. The van der Waals surface area contributed by atoms with Crippen molar-refractivity contribution in [2.75, 3.05) is 0 Å². The third-order valence-electron chi connectivity index (χ3n) is 7.11. The van der Waals surface area contributed by atoms with Crippen LogP contribution in [0.15, 0.2) is 57.4 Å². The van der Waals surface area contributed by atoms with Gasteiger partial charge in [-0.05, 0) is 90.3 Å². The van der Waals surface area contributed by atoms with Crippen molar-refractivity contribution >= 4 is 0 Å². The third kappa shape index (κ3) is 18.2. The van der Waals surface area contributed by atoms with Crippen LogP contribution in [0.2, 0.25) is 0 Å². The summed E-state index contributed by atoms with van der Waals surface area (Å²) in [5, 5.41) is 4.22. The molecule has 0 fully saturated rings. The molecule has 8 heteroatoms. The Morgan fingerprint density at radius 1 is 0.471 bits per heavy atom. The van der Waals surface area contributed by atoms with Crippen molar-refractivity contribution in [2.24, 2.45) is 0 Å². The minimum Gasteiger partial charge on any atom is -0.310 e. The molecule has 0 unspecified atom stereocenters. The highest BCUT2D eigenvalue weighted by Crippen LogP contribution is 2.22. The van der Waals surface area contributed by atoms with Crippen LogP contribution in [0.3, 0.4) is 0 Å². The minimum atomic E-state index is -0.256. The molecule has 8 nitrogen and oxygen atoms in total. The van der Waals surface area contributed by atoms with Gasteiger partial charge in [0.1, 0.15) is 0 Å². The minimum absolute atomic E-state index is 0.0161. The Balaban J connectivity index is -0.000000629. The quantitative estimate of drug-likeness (QED) is 0.231. The Morgan fingerprint density at radius 3 is 1.16 bits per heavy atom. The Kier molecular flexibility index (Phi) is 21.1. The van der Waals surface area contributed by atoms with Gasteiger partial charge >= 0.3 is 0 Å². The number of hydrogen-bond acceptors (Lipinski definition) is 5. The molecule has 0 bridgehead atoms. The zero-order valence-corrected chi connectivity index (χ0v) is 37.5. The highest BCUT2D eigenvalue weighted by atomic mass is 16.1. The highest BCUT2D eigenvalue weighted by molar-refractivity contribution is 5.20. The molecule has 0 N–H and O–H groups in total. The van der Waals surface area contributed by atoms with Crippen LogP contribution in [0.1, 0.15) is 183 Å². The molecule has 0 atom stereocenters. The molecule has 3 heterocycles. The molecular weight excluding hydrogens is 635 g/mol. The van der Waals surface area contributed by atoms with Gasteiger partial charge in [-0.1, -0.05) is 104 Å². The molecule has 51 heavy (non-hydrogen) atoms.